The number of hydrogen-bond acceptors (Lipinski definition) is 3. The summed E-state index contributed by atoms with van der Waals surface area (Å²) in [6.45, 7) is 2.27. The van der Waals surface area contributed by atoms with Gasteiger partial charge in [-0.15, -0.1) is 0 Å². The summed E-state index contributed by atoms with van der Waals surface area (Å²) in [7, 11) is 1.64. The van der Waals surface area contributed by atoms with Gasteiger partial charge in [0.25, 0.3) is 0 Å². The minimum absolute atomic E-state index is 0.258. The van der Waals surface area contributed by atoms with Gasteiger partial charge in [-0.25, -0.2) is 4.79 Å². The number of benzene rings is 1. The molecule has 0 aliphatic heterocycles. The average Bonchev–Trinajstić information content (AvgIpc) is 2.55. The summed E-state index contributed by atoms with van der Waals surface area (Å²) < 4.78 is 5.14. The predicted octanol–water partition coefficient (Wildman–Crippen LogP) is 3.35. The molecule has 0 spiro atoms. The summed E-state index contributed by atoms with van der Waals surface area (Å²) >= 11 is 0. The van der Waals surface area contributed by atoms with E-state index in [-0.39, 0.29) is 6.04 Å². The second-order valence-corrected chi connectivity index (χ2v) is 6.02. The molecule has 124 valence electrons. The molecule has 0 atom stereocenters. The number of primary amides is 1. The van der Waals surface area contributed by atoms with E-state index in [4.69, 9.17) is 10.5 Å². The first-order valence-electron chi connectivity index (χ1n) is 8.03. The number of methoxy groups -OCH3 is 1. The predicted molar refractivity (Wildman–Crippen MR) is 93.6 cm³/mol. The summed E-state index contributed by atoms with van der Waals surface area (Å²) in [5, 5.41) is 2.61. The van der Waals surface area contributed by atoms with Crippen LogP contribution < -0.4 is 15.8 Å². The van der Waals surface area contributed by atoms with Gasteiger partial charge >= 0.3 is 6.03 Å². The molecule has 1 aliphatic carbocycles. The first-order chi connectivity index (χ1) is 11.1. The van der Waals surface area contributed by atoms with E-state index < -0.39 is 6.03 Å². The normalized spacial score (nSPS) is 22.1. The van der Waals surface area contributed by atoms with Gasteiger partial charge in [-0.1, -0.05) is 25.1 Å². The summed E-state index contributed by atoms with van der Waals surface area (Å²) in [5.41, 5.74) is 6.25. The molecule has 0 saturated heterocycles. The Morgan fingerprint density at radius 1 is 1.26 bits per heavy atom. The van der Waals surface area contributed by atoms with Crippen LogP contribution in [0.1, 0.15) is 38.2 Å². The molecule has 0 heterocycles. The number of amidine groups is 1. The zero-order valence-electron chi connectivity index (χ0n) is 13.8. The Balaban J connectivity index is 2.07. The largest absolute Gasteiger partial charge is 0.497 e. The summed E-state index contributed by atoms with van der Waals surface area (Å²) in [6.07, 6.45) is 8.17. The highest BCUT2D eigenvalue weighted by Gasteiger charge is 2.17. The number of nitrogens with zero attached hydrogens (tertiary/aromatic N) is 1. The molecule has 5 heteroatoms. The lowest BCUT2D eigenvalue weighted by molar-refractivity contribution is 0.253. The van der Waals surface area contributed by atoms with Gasteiger partial charge in [0.05, 0.1) is 13.2 Å². The molecule has 23 heavy (non-hydrogen) atoms. The third-order valence-corrected chi connectivity index (χ3v) is 4.11. The van der Waals surface area contributed by atoms with E-state index in [2.05, 4.69) is 17.2 Å². The molecule has 2 rings (SSSR count). The first-order valence-corrected chi connectivity index (χ1v) is 8.03. The third kappa shape index (κ3) is 5.77. The SMILES string of the molecule is COc1ccc(C=CC(=NC2CCC(C)CC2)NC(N)=O)cc1. The molecule has 1 fully saturated rings. The van der Waals surface area contributed by atoms with Gasteiger partial charge in [-0.05, 0) is 55.4 Å². The zero-order valence-corrected chi connectivity index (χ0v) is 13.8. The van der Waals surface area contributed by atoms with Crippen LogP contribution in [-0.2, 0) is 0 Å². The van der Waals surface area contributed by atoms with Crippen molar-refractivity contribution in [2.75, 3.05) is 7.11 Å². The van der Waals surface area contributed by atoms with Gasteiger partial charge in [0.15, 0.2) is 0 Å². The second kappa shape index (κ2) is 8.36. The fourth-order valence-electron chi connectivity index (χ4n) is 2.70. The number of amides is 2. The zero-order chi connectivity index (χ0) is 16.7. The maximum absolute atomic E-state index is 11.2. The van der Waals surface area contributed by atoms with Crippen LogP contribution in [0.25, 0.3) is 6.08 Å². The van der Waals surface area contributed by atoms with Gasteiger partial charge in [0.1, 0.15) is 11.6 Å². The van der Waals surface area contributed by atoms with Crippen molar-refractivity contribution >= 4 is 17.9 Å². The highest BCUT2D eigenvalue weighted by atomic mass is 16.5. The summed E-state index contributed by atoms with van der Waals surface area (Å²) in [5.74, 6) is 2.10. The van der Waals surface area contributed by atoms with Crippen LogP contribution in [0.4, 0.5) is 4.79 Å². The average molecular weight is 315 g/mol. The van der Waals surface area contributed by atoms with Crippen molar-refractivity contribution in [3.63, 3.8) is 0 Å². The molecule has 0 bridgehead atoms. The van der Waals surface area contributed by atoms with Crippen molar-refractivity contribution in [2.45, 2.75) is 38.6 Å². The number of hydrogen-bond donors (Lipinski definition) is 2. The Morgan fingerprint density at radius 2 is 1.91 bits per heavy atom. The van der Waals surface area contributed by atoms with Crippen molar-refractivity contribution in [3.05, 3.63) is 35.9 Å². The van der Waals surface area contributed by atoms with E-state index in [1.807, 2.05) is 30.3 Å². The minimum Gasteiger partial charge on any atom is -0.497 e. The Hall–Kier alpha value is -2.30. The second-order valence-electron chi connectivity index (χ2n) is 6.02. The number of ether oxygens (including phenoxy) is 1. The Bertz CT molecular complexity index is 570. The van der Waals surface area contributed by atoms with E-state index in [0.29, 0.717) is 5.84 Å². The maximum atomic E-state index is 11.2. The molecule has 1 aliphatic rings. The van der Waals surface area contributed by atoms with Gasteiger partial charge in [0, 0.05) is 0 Å². The van der Waals surface area contributed by atoms with Crippen LogP contribution in [0.15, 0.2) is 35.3 Å². The highest BCUT2D eigenvalue weighted by Crippen LogP contribution is 2.25. The standard InChI is InChI=1S/C18H25N3O2/c1-13-3-8-15(9-4-13)20-17(21-18(19)22)12-7-14-5-10-16(23-2)11-6-14/h5-7,10-13,15H,3-4,8-9H2,1-2H3,(H3,19,20,21,22). The van der Waals surface area contributed by atoms with Gasteiger partial charge in [0.2, 0.25) is 0 Å². The van der Waals surface area contributed by atoms with Crippen LogP contribution >= 0.6 is 0 Å². The summed E-state index contributed by atoms with van der Waals surface area (Å²) in [4.78, 5) is 15.8. The third-order valence-electron chi connectivity index (χ3n) is 4.11. The molecule has 1 saturated carbocycles. The van der Waals surface area contributed by atoms with Crippen molar-refractivity contribution in [1.82, 2.24) is 5.32 Å². The van der Waals surface area contributed by atoms with Crippen molar-refractivity contribution in [1.29, 1.82) is 0 Å². The molecule has 1 aromatic rings. The molecule has 5 nitrogen and oxygen atoms in total. The minimum atomic E-state index is -0.590. The lowest BCUT2D eigenvalue weighted by Gasteiger charge is -2.23. The first kappa shape index (κ1) is 17.1. The highest BCUT2D eigenvalue weighted by molar-refractivity contribution is 6.05. The van der Waals surface area contributed by atoms with Gasteiger partial charge in [-0.3, -0.25) is 10.3 Å². The number of carbonyl (C=O) groups excluding carboxylic acids is 1. The Kier molecular flexibility index (Phi) is 6.20. The number of urea groups is 1. The molecule has 0 radical (unpaired) electrons. The molecule has 2 amide bonds. The number of rotatable bonds is 4. The van der Waals surface area contributed by atoms with Crippen LogP contribution in [0.2, 0.25) is 0 Å². The van der Waals surface area contributed by atoms with Crippen molar-refractivity contribution in [2.24, 2.45) is 16.6 Å². The van der Waals surface area contributed by atoms with E-state index in [1.165, 1.54) is 12.8 Å². The van der Waals surface area contributed by atoms with Gasteiger partial charge in [-0.2, -0.15) is 0 Å². The van der Waals surface area contributed by atoms with E-state index in [9.17, 15) is 4.79 Å². The maximum Gasteiger partial charge on any atom is 0.317 e. The Morgan fingerprint density at radius 3 is 2.48 bits per heavy atom. The topological polar surface area (TPSA) is 76.7 Å². The van der Waals surface area contributed by atoms with Crippen LogP contribution in [0, 0.1) is 5.92 Å². The molecule has 1 aromatic carbocycles. The monoisotopic (exact) mass is 315 g/mol. The fourth-order valence-corrected chi connectivity index (χ4v) is 2.70. The van der Waals surface area contributed by atoms with Crippen LogP contribution in [0.5, 0.6) is 5.75 Å². The van der Waals surface area contributed by atoms with Crippen molar-refractivity contribution in [3.8, 4) is 5.75 Å². The smallest absolute Gasteiger partial charge is 0.317 e. The molecule has 0 unspecified atom stereocenters. The van der Waals surface area contributed by atoms with E-state index >= 15 is 0 Å². The van der Waals surface area contributed by atoms with Gasteiger partial charge < -0.3 is 10.5 Å². The number of nitrogens with two attached hydrogens (primary N) is 1. The molecule has 0 aromatic heterocycles. The van der Waals surface area contributed by atoms with Crippen LogP contribution in [-0.4, -0.2) is 25.0 Å². The molecule has 3 N–H and O–H groups in total. The lowest BCUT2D eigenvalue weighted by atomic mass is 9.88. The fraction of sp³-hybridized carbons (Fsp3) is 0.444. The number of nitrogens with one attached hydrogen (secondary N) is 1. The van der Waals surface area contributed by atoms with Crippen LogP contribution in [0.3, 0.4) is 0 Å². The van der Waals surface area contributed by atoms with E-state index in [1.54, 1.807) is 13.2 Å². The summed E-state index contributed by atoms with van der Waals surface area (Å²) in [6, 6.07) is 7.33. The number of carbonyl (C=O) groups is 1. The quantitative estimate of drug-likeness (QED) is 0.660. The molecular weight excluding hydrogens is 290 g/mol. The Labute approximate surface area is 137 Å². The molecular formula is C18H25N3O2. The lowest BCUT2D eigenvalue weighted by Crippen LogP contribution is -2.35. The van der Waals surface area contributed by atoms with Crippen molar-refractivity contribution < 1.29 is 9.53 Å². The van der Waals surface area contributed by atoms with E-state index in [0.717, 1.165) is 30.1 Å². The number of aliphatic imine (C=N–C) groups is 1.